The first-order valence-corrected chi connectivity index (χ1v) is 10.3. The van der Waals surface area contributed by atoms with Gasteiger partial charge < -0.3 is 10.6 Å². The fourth-order valence-corrected chi connectivity index (χ4v) is 3.93. The van der Waals surface area contributed by atoms with Gasteiger partial charge in [0.2, 0.25) is 0 Å². The van der Waals surface area contributed by atoms with Crippen LogP contribution in [0, 0.1) is 11.7 Å². The minimum Gasteiger partial charge on any atom is -0.381 e. The molecule has 0 bridgehead atoms. The highest BCUT2D eigenvalue weighted by Crippen LogP contribution is 2.35. The Morgan fingerprint density at radius 3 is 2.87 bits per heavy atom. The SMILES string of the molecule is CCCCNC(=O)n1cc2ncc3c(c2c1)NC(C)C(Cc1ccccc1F)C3=O. The Hall–Kier alpha value is -3.22. The van der Waals surface area contributed by atoms with Crippen LogP contribution in [0.2, 0.25) is 0 Å². The van der Waals surface area contributed by atoms with E-state index in [1.54, 1.807) is 36.8 Å². The number of benzene rings is 1. The smallest absolute Gasteiger partial charge is 0.325 e. The van der Waals surface area contributed by atoms with Gasteiger partial charge in [-0.2, -0.15) is 0 Å². The lowest BCUT2D eigenvalue weighted by Crippen LogP contribution is -2.39. The predicted molar refractivity (Wildman–Crippen MR) is 114 cm³/mol. The standard InChI is InChI=1S/C23H25FN4O2/c1-3-4-9-25-23(30)28-12-18-20(13-28)26-11-17-21(18)27-14(2)16(22(17)29)10-15-7-5-6-8-19(15)24/h5-8,11-14,16,27H,3-4,9-10H2,1-2H3,(H,25,30). The van der Waals surface area contributed by atoms with E-state index in [4.69, 9.17) is 0 Å². The van der Waals surface area contributed by atoms with Crippen molar-refractivity contribution < 1.29 is 14.0 Å². The molecule has 2 atom stereocenters. The highest BCUT2D eigenvalue weighted by molar-refractivity contribution is 6.11. The number of hydrogen-bond donors (Lipinski definition) is 2. The molecule has 156 valence electrons. The van der Waals surface area contributed by atoms with Crippen molar-refractivity contribution >= 4 is 28.4 Å². The van der Waals surface area contributed by atoms with E-state index in [2.05, 4.69) is 22.5 Å². The first kappa shape index (κ1) is 20.1. The lowest BCUT2D eigenvalue weighted by atomic mass is 9.82. The Bertz CT molecular complexity index is 1110. The van der Waals surface area contributed by atoms with Crippen molar-refractivity contribution in [3.63, 3.8) is 0 Å². The lowest BCUT2D eigenvalue weighted by molar-refractivity contribution is 0.0902. The molecule has 2 N–H and O–H groups in total. The molecule has 2 aromatic heterocycles. The molecule has 30 heavy (non-hydrogen) atoms. The average molecular weight is 408 g/mol. The summed E-state index contributed by atoms with van der Waals surface area (Å²) in [5.74, 6) is -0.759. The molecule has 1 aliphatic heterocycles. The quantitative estimate of drug-likeness (QED) is 0.614. The number of rotatable bonds is 5. The number of hydrogen-bond acceptors (Lipinski definition) is 4. The van der Waals surface area contributed by atoms with E-state index >= 15 is 0 Å². The van der Waals surface area contributed by atoms with Crippen molar-refractivity contribution in [3.8, 4) is 0 Å². The fourth-order valence-electron chi connectivity index (χ4n) is 3.93. The summed E-state index contributed by atoms with van der Waals surface area (Å²) in [5, 5.41) is 7.00. The normalized spacial score (nSPS) is 18.2. The predicted octanol–water partition coefficient (Wildman–Crippen LogP) is 4.39. The molecule has 0 fully saturated rings. The summed E-state index contributed by atoms with van der Waals surface area (Å²) in [6.45, 7) is 4.60. The highest BCUT2D eigenvalue weighted by Gasteiger charge is 2.35. The Labute approximate surface area is 174 Å². The minimum absolute atomic E-state index is 0.0611. The molecule has 1 aromatic carbocycles. The van der Waals surface area contributed by atoms with Gasteiger partial charge in [0.1, 0.15) is 5.82 Å². The van der Waals surface area contributed by atoms with Crippen LogP contribution in [-0.4, -0.2) is 34.0 Å². The molecule has 1 aliphatic rings. The molecular weight excluding hydrogens is 383 g/mol. The molecule has 0 saturated carbocycles. The topological polar surface area (TPSA) is 76.0 Å². The number of carbonyl (C=O) groups is 2. The van der Waals surface area contributed by atoms with E-state index in [0.717, 1.165) is 18.2 Å². The zero-order valence-corrected chi connectivity index (χ0v) is 17.1. The molecule has 0 aliphatic carbocycles. The van der Waals surface area contributed by atoms with Crippen LogP contribution in [0.1, 0.15) is 42.6 Å². The maximum absolute atomic E-state index is 14.1. The monoisotopic (exact) mass is 408 g/mol. The summed E-state index contributed by atoms with van der Waals surface area (Å²) in [5.41, 5.74) is 2.32. The number of anilines is 1. The molecule has 3 heterocycles. The number of pyridine rings is 1. The van der Waals surface area contributed by atoms with Crippen molar-refractivity contribution in [1.82, 2.24) is 14.9 Å². The van der Waals surface area contributed by atoms with Gasteiger partial charge in [0.15, 0.2) is 5.78 Å². The summed E-state index contributed by atoms with van der Waals surface area (Å²) < 4.78 is 15.6. The molecular formula is C23H25FN4O2. The molecule has 2 unspecified atom stereocenters. The molecule has 0 spiro atoms. The van der Waals surface area contributed by atoms with Gasteiger partial charge in [0.25, 0.3) is 0 Å². The third kappa shape index (κ3) is 3.67. The van der Waals surface area contributed by atoms with Crippen LogP contribution in [0.5, 0.6) is 0 Å². The number of aromatic nitrogens is 2. The van der Waals surface area contributed by atoms with Crippen LogP contribution in [-0.2, 0) is 6.42 Å². The second-order valence-corrected chi connectivity index (χ2v) is 7.80. The van der Waals surface area contributed by atoms with Gasteiger partial charge in [0, 0.05) is 42.5 Å². The summed E-state index contributed by atoms with van der Waals surface area (Å²) in [4.78, 5) is 30.0. The van der Waals surface area contributed by atoms with E-state index in [9.17, 15) is 14.0 Å². The number of nitrogens with one attached hydrogen (secondary N) is 2. The zero-order valence-electron chi connectivity index (χ0n) is 17.1. The summed E-state index contributed by atoms with van der Waals surface area (Å²) in [6.07, 6.45) is 7.15. The molecule has 0 radical (unpaired) electrons. The summed E-state index contributed by atoms with van der Waals surface area (Å²) in [6, 6.07) is 6.14. The van der Waals surface area contributed by atoms with Crippen molar-refractivity contribution in [2.45, 2.75) is 39.2 Å². The third-order valence-electron chi connectivity index (χ3n) is 5.69. The summed E-state index contributed by atoms with van der Waals surface area (Å²) >= 11 is 0. The lowest BCUT2D eigenvalue weighted by Gasteiger charge is -2.31. The van der Waals surface area contributed by atoms with Gasteiger partial charge in [-0.1, -0.05) is 31.5 Å². The van der Waals surface area contributed by atoms with E-state index < -0.39 is 5.92 Å². The number of unbranched alkanes of at least 4 members (excludes halogenated alkanes) is 1. The van der Waals surface area contributed by atoms with Crippen LogP contribution in [0.4, 0.5) is 14.9 Å². The number of halogens is 1. The van der Waals surface area contributed by atoms with Crippen molar-refractivity contribution in [3.05, 3.63) is 59.8 Å². The number of carbonyl (C=O) groups excluding carboxylic acids is 2. The first-order valence-electron chi connectivity index (χ1n) is 10.3. The van der Waals surface area contributed by atoms with E-state index in [1.165, 1.54) is 10.6 Å². The zero-order chi connectivity index (χ0) is 21.3. The van der Waals surface area contributed by atoms with Crippen molar-refractivity contribution in [2.75, 3.05) is 11.9 Å². The number of nitrogens with zero attached hydrogens (tertiary/aromatic N) is 2. The molecule has 6 nitrogen and oxygen atoms in total. The average Bonchev–Trinajstić information content (AvgIpc) is 3.17. The Morgan fingerprint density at radius 2 is 2.10 bits per heavy atom. The molecule has 1 amide bonds. The van der Waals surface area contributed by atoms with Gasteiger partial charge in [-0.15, -0.1) is 0 Å². The van der Waals surface area contributed by atoms with Crippen molar-refractivity contribution in [1.29, 1.82) is 0 Å². The number of amides is 1. The fraction of sp³-hybridized carbons (Fsp3) is 0.348. The van der Waals surface area contributed by atoms with Crippen LogP contribution < -0.4 is 10.6 Å². The molecule has 4 rings (SSSR count). The number of Topliss-reactive ketones (excluding diaryl/α,β-unsaturated/α-hetero) is 1. The van der Waals surface area contributed by atoms with Crippen LogP contribution in [0.15, 0.2) is 42.9 Å². The Balaban J connectivity index is 1.63. The van der Waals surface area contributed by atoms with Crippen molar-refractivity contribution in [2.24, 2.45) is 5.92 Å². The maximum Gasteiger partial charge on any atom is 0.325 e. The number of fused-ring (bicyclic) bond motifs is 3. The van der Waals surface area contributed by atoms with E-state index in [0.29, 0.717) is 35.3 Å². The van der Waals surface area contributed by atoms with Gasteiger partial charge in [0.05, 0.1) is 16.8 Å². The summed E-state index contributed by atoms with van der Waals surface area (Å²) in [7, 11) is 0. The minimum atomic E-state index is -0.395. The van der Waals surface area contributed by atoms with E-state index in [1.807, 2.05) is 6.92 Å². The largest absolute Gasteiger partial charge is 0.381 e. The molecule has 7 heteroatoms. The molecule has 0 saturated heterocycles. The van der Waals surface area contributed by atoms with Crippen LogP contribution in [0.25, 0.3) is 10.9 Å². The van der Waals surface area contributed by atoms with Crippen LogP contribution in [0.3, 0.4) is 0 Å². The Morgan fingerprint density at radius 1 is 1.30 bits per heavy atom. The van der Waals surface area contributed by atoms with Gasteiger partial charge in [-0.05, 0) is 31.4 Å². The van der Waals surface area contributed by atoms with Gasteiger partial charge >= 0.3 is 6.03 Å². The Kier molecular flexibility index (Phi) is 5.53. The number of ketones is 1. The van der Waals surface area contributed by atoms with Crippen LogP contribution >= 0.6 is 0 Å². The second kappa shape index (κ2) is 8.26. The van der Waals surface area contributed by atoms with E-state index in [-0.39, 0.29) is 23.7 Å². The van der Waals surface area contributed by atoms with Gasteiger partial charge in [-0.25, -0.2) is 9.18 Å². The first-order chi connectivity index (χ1) is 14.5. The van der Waals surface area contributed by atoms with Gasteiger partial charge in [-0.3, -0.25) is 14.3 Å². The third-order valence-corrected chi connectivity index (χ3v) is 5.69. The maximum atomic E-state index is 14.1. The second-order valence-electron chi connectivity index (χ2n) is 7.80. The molecule has 3 aromatic rings. The highest BCUT2D eigenvalue weighted by atomic mass is 19.1.